The molecule has 1 saturated heterocycles. The first-order chi connectivity index (χ1) is 10.8. The summed E-state index contributed by atoms with van der Waals surface area (Å²) in [5.74, 6) is 0.872. The van der Waals surface area contributed by atoms with Crippen LogP contribution in [0.1, 0.15) is 57.9 Å². The maximum atomic E-state index is 5.40. The van der Waals surface area contributed by atoms with Gasteiger partial charge in [-0.25, -0.2) is 0 Å². The Bertz CT molecular complexity index is 352. The van der Waals surface area contributed by atoms with Gasteiger partial charge in [-0.15, -0.1) is 0 Å². The molecule has 1 aromatic carbocycles. The van der Waals surface area contributed by atoms with E-state index in [2.05, 4.69) is 5.32 Å². The van der Waals surface area contributed by atoms with E-state index in [1.807, 2.05) is 38.1 Å². The molecule has 0 atom stereocenters. The normalized spacial score (nSPS) is 18.7. The van der Waals surface area contributed by atoms with Crippen molar-refractivity contribution in [3.05, 3.63) is 29.8 Å². The molecule has 0 bridgehead atoms. The van der Waals surface area contributed by atoms with Gasteiger partial charge in [0.05, 0.1) is 7.11 Å². The van der Waals surface area contributed by atoms with Crippen molar-refractivity contribution in [2.75, 3.05) is 20.2 Å². The Kier molecular flexibility index (Phi) is 9.17. The number of piperidine rings is 1. The summed E-state index contributed by atoms with van der Waals surface area (Å²) >= 11 is 0. The van der Waals surface area contributed by atoms with Gasteiger partial charge in [-0.3, -0.25) is 0 Å². The molecule has 1 heterocycles. The Morgan fingerprint density at radius 2 is 1.55 bits per heavy atom. The van der Waals surface area contributed by atoms with Crippen LogP contribution in [0.15, 0.2) is 24.3 Å². The second-order valence-electron chi connectivity index (χ2n) is 6.01. The molecule has 0 aromatic heterocycles. The third kappa shape index (κ3) is 5.98. The highest BCUT2D eigenvalue weighted by molar-refractivity contribution is 5.26. The van der Waals surface area contributed by atoms with Gasteiger partial charge in [-0.1, -0.05) is 38.8 Å². The van der Waals surface area contributed by atoms with Crippen LogP contribution in [0, 0.1) is 5.41 Å². The first-order valence-corrected chi connectivity index (χ1v) is 8.82. The molecule has 0 radical (unpaired) electrons. The lowest BCUT2D eigenvalue weighted by Crippen LogP contribution is -2.34. The van der Waals surface area contributed by atoms with Gasteiger partial charge in [0.25, 0.3) is 0 Å². The number of ether oxygens (including phenoxy) is 1. The van der Waals surface area contributed by atoms with Crippen LogP contribution in [0.2, 0.25) is 0 Å². The van der Waals surface area contributed by atoms with Crippen molar-refractivity contribution >= 4 is 0 Å². The molecule has 3 heteroatoms. The van der Waals surface area contributed by atoms with Crippen LogP contribution in [0.4, 0.5) is 0 Å². The van der Waals surface area contributed by atoms with E-state index in [1.54, 1.807) is 7.11 Å². The topological polar surface area (TPSA) is 47.3 Å². The zero-order valence-corrected chi connectivity index (χ0v) is 14.7. The molecule has 3 nitrogen and oxygen atoms in total. The fourth-order valence-electron chi connectivity index (χ4n) is 3.34. The highest BCUT2D eigenvalue weighted by Gasteiger charge is 2.34. The molecule has 22 heavy (non-hydrogen) atoms. The minimum atomic E-state index is 0.587. The summed E-state index contributed by atoms with van der Waals surface area (Å²) in [6, 6.07) is 7.72. The van der Waals surface area contributed by atoms with Crippen LogP contribution in [0.25, 0.3) is 0 Å². The molecular weight excluding hydrogens is 272 g/mol. The van der Waals surface area contributed by atoms with Gasteiger partial charge in [0.15, 0.2) is 0 Å². The molecule has 2 fully saturated rings. The molecule has 1 saturated carbocycles. The van der Waals surface area contributed by atoms with E-state index in [-0.39, 0.29) is 0 Å². The van der Waals surface area contributed by atoms with Crippen molar-refractivity contribution < 1.29 is 4.74 Å². The van der Waals surface area contributed by atoms with Gasteiger partial charge in [0.1, 0.15) is 5.75 Å². The average Bonchev–Trinajstić information content (AvgIpc) is 3.05. The molecule has 3 rings (SSSR count). The monoisotopic (exact) mass is 306 g/mol. The van der Waals surface area contributed by atoms with E-state index in [0.717, 1.165) is 16.7 Å². The van der Waals surface area contributed by atoms with Gasteiger partial charge in [0.2, 0.25) is 0 Å². The fraction of sp³-hybridized carbons (Fsp3) is 0.684. The van der Waals surface area contributed by atoms with Crippen LogP contribution >= 0.6 is 0 Å². The highest BCUT2D eigenvalue weighted by Crippen LogP contribution is 2.44. The number of hydrogen-bond donors (Lipinski definition) is 2. The number of rotatable bonds is 2. The second-order valence-corrected chi connectivity index (χ2v) is 6.01. The van der Waals surface area contributed by atoms with Gasteiger partial charge in [-0.05, 0) is 61.9 Å². The summed E-state index contributed by atoms with van der Waals surface area (Å²) in [7, 11) is 1.65. The number of methoxy groups -OCH3 is 1. The smallest absolute Gasteiger partial charge is 0.118 e. The lowest BCUT2D eigenvalue weighted by molar-refractivity contribution is 0.210. The molecule has 3 N–H and O–H groups in total. The molecule has 126 valence electrons. The maximum absolute atomic E-state index is 5.40. The Morgan fingerprint density at radius 3 is 2.00 bits per heavy atom. The average molecular weight is 306 g/mol. The zero-order chi connectivity index (χ0) is 16.3. The van der Waals surface area contributed by atoms with E-state index in [4.69, 9.17) is 10.5 Å². The maximum Gasteiger partial charge on any atom is 0.118 e. The van der Waals surface area contributed by atoms with E-state index >= 15 is 0 Å². The number of benzene rings is 1. The van der Waals surface area contributed by atoms with E-state index < -0.39 is 0 Å². The van der Waals surface area contributed by atoms with Gasteiger partial charge in [0, 0.05) is 6.54 Å². The predicted molar refractivity (Wildman–Crippen MR) is 95.2 cm³/mol. The van der Waals surface area contributed by atoms with Crippen molar-refractivity contribution in [2.45, 2.75) is 58.9 Å². The molecule has 1 spiro atoms. The van der Waals surface area contributed by atoms with Crippen molar-refractivity contribution in [2.24, 2.45) is 11.1 Å². The SMILES string of the molecule is C1CCC2(C1)CCNCC2.CC.COc1ccc(CN)cc1. The molecule has 2 aliphatic rings. The minimum absolute atomic E-state index is 0.587. The van der Waals surface area contributed by atoms with Crippen molar-refractivity contribution in [1.82, 2.24) is 5.32 Å². The first-order valence-electron chi connectivity index (χ1n) is 8.82. The van der Waals surface area contributed by atoms with E-state index in [9.17, 15) is 0 Å². The molecule has 1 aliphatic heterocycles. The second kappa shape index (κ2) is 10.6. The molecular formula is C19H34N2O. The highest BCUT2D eigenvalue weighted by atomic mass is 16.5. The quantitative estimate of drug-likeness (QED) is 0.864. The largest absolute Gasteiger partial charge is 0.497 e. The van der Waals surface area contributed by atoms with E-state index in [1.165, 1.54) is 51.6 Å². The summed E-state index contributed by atoms with van der Waals surface area (Å²) in [6.45, 7) is 7.14. The van der Waals surface area contributed by atoms with Crippen LogP contribution in [-0.2, 0) is 6.54 Å². The Balaban J connectivity index is 0.000000198. The van der Waals surface area contributed by atoms with Crippen LogP contribution in [-0.4, -0.2) is 20.2 Å². The van der Waals surface area contributed by atoms with Crippen molar-refractivity contribution in [3.8, 4) is 5.75 Å². The predicted octanol–water partition coefficient (Wildman–Crippen LogP) is 4.11. The molecule has 1 aliphatic carbocycles. The summed E-state index contributed by atoms with van der Waals surface area (Å²) < 4.78 is 4.97. The zero-order valence-electron chi connectivity index (χ0n) is 14.7. The molecule has 0 unspecified atom stereocenters. The van der Waals surface area contributed by atoms with Crippen LogP contribution < -0.4 is 15.8 Å². The van der Waals surface area contributed by atoms with Crippen LogP contribution in [0.5, 0.6) is 5.75 Å². The van der Waals surface area contributed by atoms with Gasteiger partial charge < -0.3 is 15.8 Å². The van der Waals surface area contributed by atoms with E-state index in [0.29, 0.717) is 6.54 Å². The first kappa shape index (κ1) is 19.0. The van der Waals surface area contributed by atoms with Crippen molar-refractivity contribution in [1.29, 1.82) is 0 Å². The fourth-order valence-corrected chi connectivity index (χ4v) is 3.34. The number of nitrogens with two attached hydrogens (primary N) is 1. The standard InChI is InChI=1S/C9H17N.C8H11NO.C2H6/c1-2-4-9(3-1)5-7-10-8-6-9;1-10-8-4-2-7(6-9)3-5-8;1-2/h10H,1-8H2;2-5H,6,9H2,1H3;1-2H3. The third-order valence-corrected chi connectivity index (χ3v) is 4.72. The van der Waals surface area contributed by atoms with Crippen molar-refractivity contribution in [3.63, 3.8) is 0 Å². The minimum Gasteiger partial charge on any atom is -0.497 e. The molecule has 0 amide bonds. The molecule has 1 aromatic rings. The number of nitrogens with one attached hydrogen (secondary N) is 1. The Labute approximate surface area is 136 Å². The summed E-state index contributed by atoms with van der Waals surface area (Å²) in [5.41, 5.74) is 7.34. The number of hydrogen-bond acceptors (Lipinski definition) is 3. The van der Waals surface area contributed by atoms with Gasteiger partial charge >= 0.3 is 0 Å². The summed E-state index contributed by atoms with van der Waals surface area (Å²) in [4.78, 5) is 0. The third-order valence-electron chi connectivity index (χ3n) is 4.72. The summed E-state index contributed by atoms with van der Waals surface area (Å²) in [6.07, 6.45) is 8.95. The van der Waals surface area contributed by atoms with Crippen LogP contribution in [0.3, 0.4) is 0 Å². The lowest BCUT2D eigenvalue weighted by Gasteiger charge is -2.33. The Hall–Kier alpha value is -1.06. The Morgan fingerprint density at radius 1 is 1.00 bits per heavy atom. The lowest BCUT2D eigenvalue weighted by atomic mass is 9.78. The van der Waals surface area contributed by atoms with Gasteiger partial charge in [-0.2, -0.15) is 0 Å². The summed E-state index contributed by atoms with van der Waals surface area (Å²) in [5, 5.41) is 3.44.